The van der Waals surface area contributed by atoms with Gasteiger partial charge >= 0.3 is 0 Å². The van der Waals surface area contributed by atoms with E-state index in [1.165, 1.54) is 6.92 Å². The summed E-state index contributed by atoms with van der Waals surface area (Å²) >= 11 is 5.82. The van der Waals surface area contributed by atoms with E-state index in [-0.39, 0.29) is 5.91 Å². The predicted octanol–water partition coefficient (Wildman–Crippen LogP) is 3.16. The number of nitrogens with two attached hydrogens (primary N) is 1. The molecular formula is C16H17ClN2O2. The molecule has 0 radical (unpaired) electrons. The van der Waals surface area contributed by atoms with Crippen LogP contribution in [-0.2, 0) is 11.2 Å². The first-order valence-corrected chi connectivity index (χ1v) is 6.93. The highest BCUT2D eigenvalue weighted by Crippen LogP contribution is 2.24. The number of amides is 1. The van der Waals surface area contributed by atoms with Crippen molar-refractivity contribution in [3.63, 3.8) is 0 Å². The molecule has 0 aliphatic carbocycles. The molecule has 4 N–H and O–H groups in total. The van der Waals surface area contributed by atoms with Gasteiger partial charge in [0.05, 0.1) is 17.5 Å². The highest BCUT2D eigenvalue weighted by Gasteiger charge is 2.10. The summed E-state index contributed by atoms with van der Waals surface area (Å²) < 4.78 is 0. The number of hydrogen-bond donors (Lipinski definition) is 3. The molecule has 0 aliphatic heterocycles. The smallest absolute Gasteiger partial charge is 0.221 e. The first-order valence-electron chi connectivity index (χ1n) is 6.55. The van der Waals surface area contributed by atoms with Gasteiger partial charge in [0, 0.05) is 18.4 Å². The maximum Gasteiger partial charge on any atom is 0.221 e. The SMILES string of the molecule is CC(=O)Nc1ccc(CC(O)c2ccc(Cl)cc2)cc1N. The molecule has 2 rings (SSSR count). The van der Waals surface area contributed by atoms with Crippen molar-refractivity contribution in [1.29, 1.82) is 0 Å². The summed E-state index contributed by atoms with van der Waals surface area (Å²) in [7, 11) is 0. The number of carbonyl (C=O) groups excluding carboxylic acids is 1. The number of carbonyl (C=O) groups is 1. The van der Waals surface area contributed by atoms with Gasteiger partial charge < -0.3 is 16.2 Å². The highest BCUT2D eigenvalue weighted by molar-refractivity contribution is 6.30. The Balaban J connectivity index is 2.10. The summed E-state index contributed by atoms with van der Waals surface area (Å²) in [6.07, 6.45) is -0.195. The van der Waals surface area contributed by atoms with Crippen molar-refractivity contribution in [3.05, 3.63) is 58.6 Å². The van der Waals surface area contributed by atoms with Crippen molar-refractivity contribution >= 4 is 28.9 Å². The minimum atomic E-state index is -0.631. The molecule has 1 atom stereocenters. The monoisotopic (exact) mass is 304 g/mol. The van der Waals surface area contributed by atoms with Crippen LogP contribution in [0.5, 0.6) is 0 Å². The summed E-state index contributed by atoms with van der Waals surface area (Å²) in [4.78, 5) is 11.0. The zero-order valence-electron chi connectivity index (χ0n) is 11.6. The van der Waals surface area contributed by atoms with Crippen LogP contribution >= 0.6 is 11.6 Å². The van der Waals surface area contributed by atoms with Gasteiger partial charge in [-0.15, -0.1) is 0 Å². The lowest BCUT2D eigenvalue weighted by Gasteiger charge is -2.13. The molecule has 2 aromatic rings. The van der Waals surface area contributed by atoms with Crippen LogP contribution in [0.3, 0.4) is 0 Å². The topological polar surface area (TPSA) is 75.3 Å². The van der Waals surface area contributed by atoms with Gasteiger partial charge in [-0.3, -0.25) is 4.79 Å². The third-order valence-corrected chi connectivity index (χ3v) is 3.36. The first kappa shape index (κ1) is 15.4. The second kappa shape index (κ2) is 6.61. The Labute approximate surface area is 128 Å². The molecule has 0 bridgehead atoms. The predicted molar refractivity (Wildman–Crippen MR) is 85.3 cm³/mol. The van der Waals surface area contributed by atoms with Gasteiger partial charge in [0.15, 0.2) is 0 Å². The van der Waals surface area contributed by atoms with Crippen molar-refractivity contribution in [1.82, 2.24) is 0 Å². The molecular weight excluding hydrogens is 288 g/mol. The Morgan fingerprint density at radius 3 is 2.52 bits per heavy atom. The summed E-state index contributed by atoms with van der Waals surface area (Å²) in [6.45, 7) is 1.43. The number of anilines is 2. The number of nitrogens with one attached hydrogen (secondary N) is 1. The Morgan fingerprint density at radius 1 is 1.29 bits per heavy atom. The maximum absolute atomic E-state index is 11.0. The molecule has 2 aromatic carbocycles. The van der Waals surface area contributed by atoms with E-state index < -0.39 is 6.10 Å². The van der Waals surface area contributed by atoms with Crippen LogP contribution < -0.4 is 11.1 Å². The van der Waals surface area contributed by atoms with Crippen molar-refractivity contribution in [2.45, 2.75) is 19.4 Å². The number of aliphatic hydroxyl groups is 1. The fraction of sp³-hybridized carbons (Fsp3) is 0.188. The van der Waals surface area contributed by atoms with E-state index in [1.807, 2.05) is 6.07 Å². The lowest BCUT2D eigenvalue weighted by atomic mass is 10.0. The normalized spacial score (nSPS) is 12.0. The molecule has 0 aromatic heterocycles. The Bertz CT molecular complexity index is 641. The van der Waals surface area contributed by atoms with Crippen molar-refractivity contribution in [2.24, 2.45) is 0 Å². The lowest BCUT2D eigenvalue weighted by molar-refractivity contribution is -0.114. The van der Waals surface area contributed by atoms with Gasteiger partial charge in [-0.1, -0.05) is 29.8 Å². The molecule has 4 nitrogen and oxygen atoms in total. The Kier molecular flexibility index (Phi) is 4.83. The molecule has 0 fully saturated rings. The maximum atomic E-state index is 11.0. The van der Waals surface area contributed by atoms with Gasteiger partial charge in [0.1, 0.15) is 0 Å². The number of hydrogen-bond acceptors (Lipinski definition) is 3. The largest absolute Gasteiger partial charge is 0.397 e. The zero-order valence-corrected chi connectivity index (χ0v) is 12.4. The van der Waals surface area contributed by atoms with Gasteiger partial charge in [-0.25, -0.2) is 0 Å². The van der Waals surface area contributed by atoms with Crippen LogP contribution in [-0.4, -0.2) is 11.0 Å². The quantitative estimate of drug-likeness (QED) is 0.760. The second-order valence-electron chi connectivity index (χ2n) is 4.87. The molecule has 0 saturated carbocycles. The van der Waals surface area contributed by atoms with Crippen LogP contribution in [0.2, 0.25) is 5.02 Å². The van der Waals surface area contributed by atoms with E-state index in [1.54, 1.807) is 36.4 Å². The molecule has 1 unspecified atom stereocenters. The van der Waals surface area contributed by atoms with Gasteiger partial charge in [0.2, 0.25) is 5.91 Å². The average Bonchev–Trinajstić information content (AvgIpc) is 2.42. The summed E-state index contributed by atoms with van der Waals surface area (Å²) in [5.74, 6) is -0.171. The number of nitrogen functional groups attached to an aromatic ring is 1. The molecule has 110 valence electrons. The highest BCUT2D eigenvalue weighted by atomic mass is 35.5. The third kappa shape index (κ3) is 4.21. The number of benzene rings is 2. The molecule has 1 amide bonds. The minimum Gasteiger partial charge on any atom is -0.397 e. The summed E-state index contributed by atoms with van der Waals surface area (Å²) in [6, 6.07) is 12.4. The Hall–Kier alpha value is -2.04. The van der Waals surface area contributed by atoms with E-state index in [0.29, 0.717) is 22.8 Å². The molecule has 0 saturated heterocycles. The van der Waals surface area contributed by atoms with Crippen molar-refractivity contribution in [3.8, 4) is 0 Å². The number of aliphatic hydroxyl groups excluding tert-OH is 1. The van der Waals surface area contributed by atoms with Crippen LogP contribution in [0.15, 0.2) is 42.5 Å². The molecule has 0 heterocycles. The second-order valence-corrected chi connectivity index (χ2v) is 5.31. The third-order valence-electron chi connectivity index (χ3n) is 3.11. The average molecular weight is 305 g/mol. The molecule has 5 heteroatoms. The van der Waals surface area contributed by atoms with Gasteiger partial charge in [-0.2, -0.15) is 0 Å². The molecule has 0 aliphatic rings. The van der Waals surface area contributed by atoms with E-state index in [2.05, 4.69) is 5.32 Å². The zero-order chi connectivity index (χ0) is 15.4. The molecule has 21 heavy (non-hydrogen) atoms. The minimum absolute atomic E-state index is 0.171. The van der Waals surface area contributed by atoms with Crippen LogP contribution in [0, 0.1) is 0 Å². The summed E-state index contributed by atoms with van der Waals surface area (Å²) in [5, 5.41) is 13.5. The number of rotatable bonds is 4. The lowest BCUT2D eigenvalue weighted by Crippen LogP contribution is -2.09. The van der Waals surface area contributed by atoms with E-state index in [4.69, 9.17) is 17.3 Å². The fourth-order valence-electron chi connectivity index (χ4n) is 2.07. The van der Waals surface area contributed by atoms with Crippen LogP contribution in [0.25, 0.3) is 0 Å². The summed E-state index contributed by atoms with van der Waals surface area (Å²) in [5.41, 5.74) is 8.63. The molecule has 0 spiro atoms. The van der Waals surface area contributed by atoms with Crippen molar-refractivity contribution < 1.29 is 9.90 Å². The van der Waals surface area contributed by atoms with Crippen LogP contribution in [0.4, 0.5) is 11.4 Å². The number of halogens is 1. The van der Waals surface area contributed by atoms with E-state index in [0.717, 1.165) is 11.1 Å². The first-order chi connectivity index (χ1) is 9.95. The van der Waals surface area contributed by atoms with Crippen LogP contribution in [0.1, 0.15) is 24.2 Å². The standard InChI is InChI=1S/C16H17ClN2O2/c1-10(20)19-15-7-2-11(8-14(15)18)9-16(21)12-3-5-13(17)6-4-12/h2-8,16,21H,9,18H2,1H3,(H,19,20). The van der Waals surface area contributed by atoms with Crippen molar-refractivity contribution in [2.75, 3.05) is 11.1 Å². The van der Waals surface area contributed by atoms with Gasteiger partial charge in [-0.05, 0) is 35.4 Å². The fourth-order valence-corrected chi connectivity index (χ4v) is 2.19. The van der Waals surface area contributed by atoms with Gasteiger partial charge in [0.25, 0.3) is 0 Å². The van der Waals surface area contributed by atoms with E-state index >= 15 is 0 Å². The Morgan fingerprint density at radius 2 is 1.95 bits per heavy atom. The van der Waals surface area contributed by atoms with E-state index in [9.17, 15) is 9.90 Å².